The molecular formula is C25H27N2+. The molecule has 2 nitrogen and oxygen atoms in total. The Kier molecular flexibility index (Phi) is 4.35. The lowest BCUT2D eigenvalue weighted by Crippen LogP contribution is -2.29. The highest BCUT2D eigenvalue weighted by molar-refractivity contribution is 5.68. The third kappa shape index (κ3) is 3.06. The highest BCUT2D eigenvalue weighted by Crippen LogP contribution is 2.29. The summed E-state index contributed by atoms with van der Waals surface area (Å²) in [6.45, 7) is 11.1. The minimum Gasteiger partial charge on any atom is -0.201 e. The Morgan fingerprint density at radius 2 is 1.56 bits per heavy atom. The van der Waals surface area contributed by atoms with E-state index in [2.05, 4.69) is 111 Å². The molecule has 4 rings (SSSR count). The number of aromatic nitrogens is 2. The maximum absolute atomic E-state index is 2.31. The zero-order valence-corrected chi connectivity index (χ0v) is 16.8. The van der Waals surface area contributed by atoms with Gasteiger partial charge >= 0.3 is 0 Å². The van der Waals surface area contributed by atoms with E-state index in [1.807, 2.05) is 0 Å². The molecule has 0 N–H and O–H groups in total. The molecule has 0 aliphatic heterocycles. The number of hydrogen-bond donors (Lipinski definition) is 0. The number of pyridine rings is 1. The molecule has 0 saturated carbocycles. The first-order chi connectivity index (χ1) is 13.0. The summed E-state index contributed by atoms with van der Waals surface area (Å²) < 4.78 is 4.57. The number of nitrogens with zero attached hydrogens (tertiary/aromatic N) is 2. The third-order valence-corrected chi connectivity index (χ3v) is 5.32. The van der Waals surface area contributed by atoms with E-state index in [9.17, 15) is 0 Å². The van der Waals surface area contributed by atoms with Gasteiger partial charge in [-0.15, -0.1) is 0 Å². The Balaban J connectivity index is 1.95. The molecule has 0 aliphatic carbocycles. The highest BCUT2D eigenvalue weighted by Gasteiger charge is 2.19. The monoisotopic (exact) mass is 355 g/mol. The van der Waals surface area contributed by atoms with E-state index in [1.165, 1.54) is 44.7 Å². The second-order valence-corrected chi connectivity index (χ2v) is 7.85. The quantitative estimate of drug-likeness (QED) is 0.402. The molecule has 2 aromatic carbocycles. The smallest absolute Gasteiger partial charge is 0.201 e. The Labute approximate surface area is 161 Å². The maximum Gasteiger partial charge on any atom is 0.254 e. The lowest BCUT2D eigenvalue weighted by atomic mass is 9.95. The molecule has 0 spiro atoms. The summed E-state index contributed by atoms with van der Waals surface area (Å²) in [6.07, 6.45) is 4.44. The van der Waals surface area contributed by atoms with Crippen molar-refractivity contribution in [3.63, 3.8) is 0 Å². The fourth-order valence-corrected chi connectivity index (χ4v) is 4.23. The molecule has 2 heteroatoms. The minimum absolute atomic E-state index is 0.487. The summed E-state index contributed by atoms with van der Waals surface area (Å²) in [5.74, 6) is 0.487. The van der Waals surface area contributed by atoms with Gasteiger partial charge in [-0.3, -0.25) is 0 Å². The Morgan fingerprint density at radius 1 is 0.852 bits per heavy atom. The Hall–Kier alpha value is -2.87. The lowest BCUT2D eigenvalue weighted by molar-refractivity contribution is -0.594. The molecule has 0 atom stereocenters. The summed E-state index contributed by atoms with van der Waals surface area (Å²) >= 11 is 0. The summed E-state index contributed by atoms with van der Waals surface area (Å²) in [4.78, 5) is 0. The van der Waals surface area contributed by atoms with Crippen molar-refractivity contribution in [2.45, 2.75) is 40.5 Å². The van der Waals surface area contributed by atoms with Gasteiger partial charge in [-0.25, -0.2) is 4.57 Å². The molecular weight excluding hydrogens is 328 g/mol. The topological polar surface area (TPSA) is 8.29 Å². The van der Waals surface area contributed by atoms with Crippen molar-refractivity contribution in [1.29, 1.82) is 0 Å². The fraction of sp³-hybridized carbons (Fsp3) is 0.240. The van der Waals surface area contributed by atoms with Gasteiger partial charge in [0.1, 0.15) is 17.6 Å². The van der Waals surface area contributed by atoms with Crippen LogP contribution in [0, 0.1) is 20.8 Å². The second kappa shape index (κ2) is 6.70. The number of hydrogen-bond acceptors (Lipinski definition) is 0. The predicted octanol–water partition coefficient (Wildman–Crippen LogP) is 5.93. The SMILES string of the molecule is Cc1cc(C)c(-[n+]2cc3cccc(-c4ccccc4C(C)C)n3c2)c(C)c1. The molecule has 2 aromatic heterocycles. The van der Waals surface area contributed by atoms with E-state index in [1.54, 1.807) is 0 Å². The van der Waals surface area contributed by atoms with Gasteiger partial charge in [0.15, 0.2) is 5.52 Å². The van der Waals surface area contributed by atoms with Crippen molar-refractivity contribution in [1.82, 2.24) is 4.40 Å². The molecule has 0 bridgehead atoms. The largest absolute Gasteiger partial charge is 0.254 e. The summed E-state index contributed by atoms with van der Waals surface area (Å²) in [5.41, 5.74) is 10.3. The highest BCUT2D eigenvalue weighted by atomic mass is 15.1. The van der Waals surface area contributed by atoms with Gasteiger partial charge in [0.25, 0.3) is 6.33 Å². The standard InChI is InChI=1S/C25H27N2/c1-17(2)22-10-6-7-11-23(22)24-12-8-9-21-15-26(16-27(21)24)25-19(4)13-18(3)14-20(25)5/h6-17H,1-5H3/q+1. The van der Waals surface area contributed by atoms with Crippen molar-refractivity contribution in [2.24, 2.45) is 0 Å². The first kappa shape index (κ1) is 17.5. The van der Waals surface area contributed by atoms with Gasteiger partial charge < -0.3 is 0 Å². The zero-order valence-electron chi connectivity index (χ0n) is 16.8. The first-order valence-corrected chi connectivity index (χ1v) is 9.65. The Morgan fingerprint density at radius 3 is 2.26 bits per heavy atom. The normalized spacial score (nSPS) is 11.5. The predicted molar refractivity (Wildman–Crippen MR) is 113 cm³/mol. The summed E-state index contributed by atoms with van der Waals surface area (Å²) in [7, 11) is 0. The number of fused-ring (bicyclic) bond motifs is 1. The van der Waals surface area contributed by atoms with E-state index in [0.717, 1.165) is 0 Å². The van der Waals surface area contributed by atoms with Gasteiger partial charge in [0, 0.05) is 5.56 Å². The van der Waals surface area contributed by atoms with Crippen molar-refractivity contribution >= 4 is 5.52 Å². The van der Waals surface area contributed by atoms with Crippen LogP contribution in [-0.4, -0.2) is 4.40 Å². The van der Waals surface area contributed by atoms with Gasteiger partial charge in [-0.05, 0) is 55.5 Å². The van der Waals surface area contributed by atoms with Crippen LogP contribution in [0.5, 0.6) is 0 Å². The van der Waals surface area contributed by atoms with Gasteiger partial charge in [-0.2, -0.15) is 4.40 Å². The van der Waals surface area contributed by atoms with E-state index < -0.39 is 0 Å². The van der Waals surface area contributed by atoms with Crippen LogP contribution in [0.3, 0.4) is 0 Å². The van der Waals surface area contributed by atoms with Crippen LogP contribution in [0.25, 0.3) is 22.5 Å². The molecule has 136 valence electrons. The van der Waals surface area contributed by atoms with Crippen molar-refractivity contribution < 1.29 is 4.57 Å². The molecule has 0 saturated heterocycles. The van der Waals surface area contributed by atoms with Crippen LogP contribution < -0.4 is 4.57 Å². The summed E-state index contributed by atoms with van der Waals surface area (Å²) in [5, 5.41) is 0. The molecule has 27 heavy (non-hydrogen) atoms. The average molecular weight is 356 g/mol. The van der Waals surface area contributed by atoms with Crippen LogP contribution in [0.4, 0.5) is 0 Å². The molecule has 0 aliphatic rings. The second-order valence-electron chi connectivity index (χ2n) is 7.85. The molecule has 0 radical (unpaired) electrons. The van der Waals surface area contributed by atoms with E-state index >= 15 is 0 Å². The third-order valence-electron chi connectivity index (χ3n) is 5.32. The van der Waals surface area contributed by atoms with Crippen molar-refractivity contribution in [3.05, 3.63) is 89.4 Å². The molecule has 4 aromatic rings. The molecule has 0 amide bonds. The Bertz CT molecular complexity index is 1110. The number of aryl methyl sites for hydroxylation is 3. The lowest BCUT2D eigenvalue weighted by Gasteiger charge is -2.11. The zero-order chi connectivity index (χ0) is 19.1. The molecule has 0 unspecified atom stereocenters. The van der Waals surface area contributed by atoms with E-state index in [-0.39, 0.29) is 0 Å². The van der Waals surface area contributed by atoms with Gasteiger partial charge in [-0.1, -0.05) is 61.9 Å². The van der Waals surface area contributed by atoms with E-state index in [4.69, 9.17) is 0 Å². The fourth-order valence-electron chi connectivity index (χ4n) is 4.23. The van der Waals surface area contributed by atoms with Gasteiger partial charge in [0.05, 0.1) is 0 Å². The van der Waals surface area contributed by atoms with Crippen LogP contribution in [0.1, 0.15) is 42.0 Å². The van der Waals surface area contributed by atoms with Crippen LogP contribution in [-0.2, 0) is 0 Å². The van der Waals surface area contributed by atoms with E-state index in [0.29, 0.717) is 5.92 Å². The maximum atomic E-state index is 2.31. The summed E-state index contributed by atoms with van der Waals surface area (Å²) in [6, 6.07) is 19.8. The van der Waals surface area contributed by atoms with Crippen molar-refractivity contribution in [3.8, 4) is 16.9 Å². The molecule has 2 heterocycles. The van der Waals surface area contributed by atoms with Crippen LogP contribution >= 0.6 is 0 Å². The average Bonchev–Trinajstić information content (AvgIpc) is 3.04. The van der Waals surface area contributed by atoms with Crippen LogP contribution in [0.15, 0.2) is 67.1 Å². The first-order valence-electron chi connectivity index (χ1n) is 9.65. The van der Waals surface area contributed by atoms with Crippen molar-refractivity contribution in [2.75, 3.05) is 0 Å². The number of imidazole rings is 1. The molecule has 0 fully saturated rings. The number of benzene rings is 2. The van der Waals surface area contributed by atoms with Gasteiger partial charge in [0.2, 0.25) is 0 Å². The van der Waals surface area contributed by atoms with Crippen LogP contribution in [0.2, 0.25) is 0 Å². The number of rotatable bonds is 3. The minimum atomic E-state index is 0.487.